The molecule has 2 heterocycles. The van der Waals surface area contributed by atoms with E-state index in [0.29, 0.717) is 13.1 Å². The van der Waals surface area contributed by atoms with Crippen molar-refractivity contribution < 1.29 is 4.79 Å². The zero-order chi connectivity index (χ0) is 24.9. The molecule has 1 aromatic heterocycles. The Morgan fingerprint density at radius 1 is 0.778 bits per heavy atom. The van der Waals surface area contributed by atoms with Gasteiger partial charge in [0.05, 0.1) is 11.0 Å². The number of imidazole rings is 1. The summed E-state index contributed by atoms with van der Waals surface area (Å²) in [6.45, 7) is 7.83. The number of benzene rings is 3. The molecule has 1 aliphatic rings. The van der Waals surface area contributed by atoms with Crippen LogP contribution >= 0.6 is 0 Å². The molecule has 5 rings (SSSR count). The van der Waals surface area contributed by atoms with Crippen LogP contribution in [0.4, 0.5) is 5.69 Å². The molecule has 1 aliphatic heterocycles. The maximum atomic E-state index is 12.9. The minimum absolute atomic E-state index is 0.00988. The van der Waals surface area contributed by atoms with E-state index >= 15 is 0 Å². The molecular formula is C29H33N5O2. The Bertz CT molecular complexity index is 1380. The number of nitrogens with one attached hydrogen (secondary N) is 1. The SMILES string of the molecule is CCn1c(=O)n(CC(=O)NCc2ccccc2CN2CCN(c3ccccc3)CC2)c2ccccc21. The molecular weight excluding hydrogens is 450 g/mol. The molecule has 0 saturated carbocycles. The van der Waals surface area contributed by atoms with Crippen molar-refractivity contribution in [2.24, 2.45) is 0 Å². The number of fused-ring (bicyclic) bond motifs is 1. The molecule has 0 bridgehead atoms. The summed E-state index contributed by atoms with van der Waals surface area (Å²) >= 11 is 0. The maximum absolute atomic E-state index is 12.9. The minimum Gasteiger partial charge on any atom is -0.369 e. The van der Waals surface area contributed by atoms with Gasteiger partial charge in [0.1, 0.15) is 6.54 Å². The summed E-state index contributed by atoms with van der Waals surface area (Å²) in [5.74, 6) is -0.164. The van der Waals surface area contributed by atoms with Gasteiger partial charge in [-0.25, -0.2) is 4.79 Å². The van der Waals surface area contributed by atoms with Crippen molar-refractivity contribution in [3.8, 4) is 0 Å². The Balaban J connectivity index is 1.20. The summed E-state index contributed by atoms with van der Waals surface area (Å²) in [6.07, 6.45) is 0. The van der Waals surface area contributed by atoms with Crippen LogP contribution in [0.25, 0.3) is 11.0 Å². The van der Waals surface area contributed by atoms with Gasteiger partial charge in [-0.2, -0.15) is 0 Å². The fourth-order valence-electron chi connectivity index (χ4n) is 5.05. The Morgan fingerprint density at radius 3 is 2.08 bits per heavy atom. The first-order valence-corrected chi connectivity index (χ1v) is 12.7. The van der Waals surface area contributed by atoms with Crippen molar-refractivity contribution in [1.82, 2.24) is 19.4 Å². The molecule has 4 aromatic rings. The Morgan fingerprint density at radius 2 is 1.39 bits per heavy atom. The summed E-state index contributed by atoms with van der Waals surface area (Å²) in [4.78, 5) is 30.6. The summed E-state index contributed by atoms with van der Waals surface area (Å²) in [6, 6.07) is 26.5. The van der Waals surface area contributed by atoms with Crippen molar-refractivity contribution in [3.63, 3.8) is 0 Å². The Hall–Kier alpha value is -3.84. The first-order valence-electron chi connectivity index (χ1n) is 12.7. The largest absolute Gasteiger partial charge is 0.369 e. The first-order chi connectivity index (χ1) is 17.6. The number of piperazine rings is 1. The highest BCUT2D eigenvalue weighted by molar-refractivity contribution is 5.81. The van der Waals surface area contributed by atoms with Crippen molar-refractivity contribution in [3.05, 3.63) is 100 Å². The number of aryl methyl sites for hydroxylation is 1. The molecule has 3 aromatic carbocycles. The van der Waals surface area contributed by atoms with Crippen LogP contribution in [0.5, 0.6) is 0 Å². The smallest absolute Gasteiger partial charge is 0.329 e. The van der Waals surface area contributed by atoms with Crippen molar-refractivity contribution in [1.29, 1.82) is 0 Å². The van der Waals surface area contributed by atoms with Gasteiger partial charge in [0.15, 0.2) is 0 Å². The third kappa shape index (κ3) is 5.06. The van der Waals surface area contributed by atoms with E-state index in [1.54, 1.807) is 9.13 Å². The average molecular weight is 484 g/mol. The van der Waals surface area contributed by atoms with Gasteiger partial charge in [-0.15, -0.1) is 0 Å². The summed E-state index contributed by atoms with van der Waals surface area (Å²) < 4.78 is 3.27. The second-order valence-electron chi connectivity index (χ2n) is 9.25. The molecule has 1 N–H and O–H groups in total. The molecule has 7 heteroatoms. The van der Waals surface area contributed by atoms with Crippen LogP contribution in [-0.2, 0) is 31.0 Å². The predicted octanol–water partition coefficient (Wildman–Crippen LogP) is 3.46. The number of para-hydroxylation sites is 3. The zero-order valence-corrected chi connectivity index (χ0v) is 20.8. The number of aromatic nitrogens is 2. The number of rotatable bonds is 8. The molecule has 1 amide bonds. The van der Waals surface area contributed by atoms with Crippen LogP contribution in [0.2, 0.25) is 0 Å². The molecule has 0 aliphatic carbocycles. The number of hydrogen-bond acceptors (Lipinski definition) is 4. The summed E-state index contributed by atoms with van der Waals surface area (Å²) in [7, 11) is 0. The molecule has 0 atom stereocenters. The van der Waals surface area contributed by atoms with E-state index in [1.165, 1.54) is 11.3 Å². The number of amides is 1. The van der Waals surface area contributed by atoms with Gasteiger partial charge in [-0.1, -0.05) is 54.6 Å². The van der Waals surface area contributed by atoms with Gasteiger partial charge in [-0.3, -0.25) is 18.8 Å². The van der Waals surface area contributed by atoms with E-state index in [1.807, 2.05) is 37.3 Å². The highest BCUT2D eigenvalue weighted by atomic mass is 16.2. The van der Waals surface area contributed by atoms with Gasteiger partial charge >= 0.3 is 5.69 Å². The van der Waals surface area contributed by atoms with Crippen molar-refractivity contribution >= 4 is 22.6 Å². The third-order valence-corrected chi connectivity index (χ3v) is 7.03. The van der Waals surface area contributed by atoms with Crippen molar-refractivity contribution in [2.75, 3.05) is 31.1 Å². The predicted molar refractivity (Wildman–Crippen MR) is 144 cm³/mol. The Labute approximate surface area is 211 Å². The lowest BCUT2D eigenvalue weighted by Crippen LogP contribution is -2.46. The standard InChI is InChI=1S/C29H33N5O2/c1-2-33-26-14-8-9-15-27(26)34(29(33)36)22-28(35)30-20-23-10-6-7-11-24(23)21-31-16-18-32(19-17-31)25-12-4-3-5-13-25/h3-15H,2,16-22H2,1H3,(H,30,35). The highest BCUT2D eigenvalue weighted by Gasteiger charge is 2.19. The third-order valence-electron chi connectivity index (χ3n) is 7.03. The lowest BCUT2D eigenvalue weighted by molar-refractivity contribution is -0.121. The monoisotopic (exact) mass is 483 g/mol. The fraction of sp³-hybridized carbons (Fsp3) is 0.310. The Kier molecular flexibility index (Phi) is 7.18. The maximum Gasteiger partial charge on any atom is 0.329 e. The normalized spacial score (nSPS) is 14.3. The van der Waals surface area contributed by atoms with Crippen LogP contribution < -0.4 is 15.9 Å². The van der Waals surface area contributed by atoms with E-state index in [0.717, 1.165) is 49.3 Å². The molecule has 1 fully saturated rings. The first kappa shape index (κ1) is 23.9. The lowest BCUT2D eigenvalue weighted by Gasteiger charge is -2.36. The quantitative estimate of drug-likeness (QED) is 0.417. The van der Waals surface area contributed by atoms with Gasteiger partial charge in [0, 0.05) is 51.5 Å². The van der Waals surface area contributed by atoms with E-state index in [9.17, 15) is 9.59 Å². The number of nitrogens with zero attached hydrogens (tertiary/aromatic N) is 4. The second-order valence-corrected chi connectivity index (χ2v) is 9.25. The van der Waals surface area contributed by atoms with E-state index < -0.39 is 0 Å². The fourth-order valence-corrected chi connectivity index (χ4v) is 5.05. The summed E-state index contributed by atoms with van der Waals surface area (Å²) in [5.41, 5.74) is 5.11. The number of carbonyl (C=O) groups is 1. The van der Waals surface area contributed by atoms with Gasteiger partial charge in [-0.05, 0) is 42.3 Å². The lowest BCUT2D eigenvalue weighted by atomic mass is 10.1. The van der Waals surface area contributed by atoms with Crippen LogP contribution in [0, 0.1) is 0 Å². The number of hydrogen-bond donors (Lipinski definition) is 1. The van der Waals surface area contributed by atoms with Crippen LogP contribution in [-0.4, -0.2) is 46.1 Å². The van der Waals surface area contributed by atoms with E-state index in [2.05, 4.69) is 63.6 Å². The van der Waals surface area contributed by atoms with E-state index in [4.69, 9.17) is 0 Å². The second kappa shape index (κ2) is 10.8. The molecule has 0 spiro atoms. The van der Waals surface area contributed by atoms with Crippen LogP contribution in [0.1, 0.15) is 18.1 Å². The molecule has 1 saturated heterocycles. The highest BCUT2D eigenvalue weighted by Crippen LogP contribution is 2.18. The molecule has 0 unspecified atom stereocenters. The topological polar surface area (TPSA) is 62.5 Å². The molecule has 186 valence electrons. The number of carbonyl (C=O) groups excluding carboxylic acids is 1. The molecule has 36 heavy (non-hydrogen) atoms. The van der Waals surface area contributed by atoms with Gasteiger partial charge in [0.2, 0.25) is 5.91 Å². The molecule has 0 radical (unpaired) electrons. The van der Waals surface area contributed by atoms with Gasteiger partial charge in [0.25, 0.3) is 0 Å². The van der Waals surface area contributed by atoms with Crippen LogP contribution in [0.15, 0.2) is 83.7 Å². The van der Waals surface area contributed by atoms with Gasteiger partial charge < -0.3 is 10.2 Å². The van der Waals surface area contributed by atoms with E-state index in [-0.39, 0.29) is 18.1 Å². The molecule has 7 nitrogen and oxygen atoms in total. The zero-order valence-electron chi connectivity index (χ0n) is 20.8. The average Bonchev–Trinajstić information content (AvgIpc) is 3.19. The van der Waals surface area contributed by atoms with Crippen LogP contribution in [0.3, 0.4) is 0 Å². The van der Waals surface area contributed by atoms with Crippen molar-refractivity contribution in [2.45, 2.75) is 33.1 Å². The minimum atomic E-state index is -0.164. The summed E-state index contributed by atoms with van der Waals surface area (Å²) in [5, 5.41) is 3.04. The number of anilines is 1.